The Morgan fingerprint density at radius 3 is 2.52 bits per heavy atom. The van der Waals surface area contributed by atoms with Crippen molar-refractivity contribution in [2.24, 2.45) is 0 Å². The Hall–Kier alpha value is -2.88. The van der Waals surface area contributed by atoms with E-state index in [-0.39, 0.29) is 5.91 Å². The number of methoxy groups -OCH3 is 3. The van der Waals surface area contributed by atoms with Gasteiger partial charge in [0.1, 0.15) is 12.4 Å². The average molecular weight is 443 g/mol. The molecule has 1 amide bonds. The van der Waals surface area contributed by atoms with Crippen LogP contribution in [0.4, 0.5) is 0 Å². The maximum atomic E-state index is 12.6. The average Bonchev–Trinajstić information content (AvgIpc) is 3.20. The number of carbonyl (C=O) groups excluding carboxylic acids is 1. The molecule has 0 aliphatic heterocycles. The molecule has 0 aliphatic carbocycles. The van der Waals surface area contributed by atoms with Gasteiger partial charge in [-0.15, -0.1) is 10.2 Å². The van der Waals surface area contributed by atoms with Gasteiger partial charge in [-0.3, -0.25) is 9.36 Å². The van der Waals surface area contributed by atoms with Crippen LogP contribution in [0.3, 0.4) is 0 Å². The number of carbonyl (C=O) groups is 1. The molecule has 0 atom stereocenters. The predicted molar refractivity (Wildman–Crippen MR) is 119 cm³/mol. The minimum atomic E-state index is -0.120. The molecule has 1 aromatic heterocycles. The molecular formula is C22H26N4O4S. The minimum Gasteiger partial charge on any atom is -0.497 e. The molecule has 0 bridgehead atoms. The van der Waals surface area contributed by atoms with E-state index in [2.05, 4.69) is 15.5 Å². The normalized spacial score (nSPS) is 10.8. The number of benzene rings is 2. The lowest BCUT2D eigenvalue weighted by molar-refractivity contribution is 0.0936. The van der Waals surface area contributed by atoms with E-state index < -0.39 is 0 Å². The van der Waals surface area contributed by atoms with E-state index in [0.29, 0.717) is 42.1 Å². The van der Waals surface area contributed by atoms with Crippen LogP contribution in [-0.4, -0.2) is 55.2 Å². The quantitative estimate of drug-likeness (QED) is 0.361. The van der Waals surface area contributed by atoms with E-state index in [4.69, 9.17) is 14.2 Å². The van der Waals surface area contributed by atoms with Crippen molar-refractivity contribution in [2.45, 2.75) is 17.5 Å². The summed E-state index contributed by atoms with van der Waals surface area (Å²) in [7, 11) is 4.86. The minimum absolute atomic E-state index is 0.120. The van der Waals surface area contributed by atoms with Crippen LogP contribution < -0.4 is 10.1 Å². The SMILES string of the molecule is COCCNC(=O)c1ccccc1CSc1nnc(COC)n1-c1ccc(OC)cc1. The molecule has 9 heteroatoms. The summed E-state index contributed by atoms with van der Waals surface area (Å²) in [6.45, 7) is 1.26. The number of hydrogen-bond donors (Lipinski definition) is 1. The number of aromatic nitrogens is 3. The number of amides is 1. The molecule has 0 radical (unpaired) electrons. The molecule has 0 spiro atoms. The van der Waals surface area contributed by atoms with Gasteiger partial charge in [-0.1, -0.05) is 30.0 Å². The van der Waals surface area contributed by atoms with Crippen molar-refractivity contribution in [3.05, 3.63) is 65.5 Å². The fourth-order valence-corrected chi connectivity index (χ4v) is 3.95. The highest BCUT2D eigenvalue weighted by Gasteiger charge is 2.17. The molecule has 1 heterocycles. The van der Waals surface area contributed by atoms with Gasteiger partial charge in [0.05, 0.1) is 13.7 Å². The number of rotatable bonds is 11. The Kier molecular flexibility index (Phi) is 8.45. The zero-order valence-electron chi connectivity index (χ0n) is 17.8. The van der Waals surface area contributed by atoms with Crippen LogP contribution in [-0.2, 0) is 21.8 Å². The van der Waals surface area contributed by atoms with Crippen molar-refractivity contribution < 1.29 is 19.0 Å². The molecule has 1 N–H and O–H groups in total. The lowest BCUT2D eigenvalue weighted by atomic mass is 10.1. The number of ether oxygens (including phenoxy) is 3. The van der Waals surface area contributed by atoms with E-state index in [0.717, 1.165) is 17.0 Å². The number of thioether (sulfide) groups is 1. The van der Waals surface area contributed by atoms with Gasteiger partial charge in [0.15, 0.2) is 11.0 Å². The van der Waals surface area contributed by atoms with Crippen LogP contribution >= 0.6 is 11.8 Å². The van der Waals surface area contributed by atoms with Gasteiger partial charge in [-0.2, -0.15) is 0 Å². The van der Waals surface area contributed by atoms with Crippen molar-refractivity contribution >= 4 is 17.7 Å². The molecular weight excluding hydrogens is 416 g/mol. The molecule has 2 aromatic carbocycles. The molecule has 0 fully saturated rings. The standard InChI is InChI=1S/C22H26N4O4S/c1-28-13-12-23-21(27)19-7-5-4-6-16(19)15-31-22-25-24-20(14-29-2)26(22)17-8-10-18(30-3)11-9-17/h4-11H,12-15H2,1-3H3,(H,23,27). The maximum Gasteiger partial charge on any atom is 0.251 e. The van der Waals surface area contributed by atoms with Crippen LogP contribution in [0.5, 0.6) is 5.75 Å². The number of hydrogen-bond acceptors (Lipinski definition) is 7. The third kappa shape index (κ3) is 5.84. The van der Waals surface area contributed by atoms with Gasteiger partial charge >= 0.3 is 0 Å². The third-order valence-electron chi connectivity index (χ3n) is 4.51. The smallest absolute Gasteiger partial charge is 0.251 e. The summed E-state index contributed by atoms with van der Waals surface area (Å²) < 4.78 is 17.5. The van der Waals surface area contributed by atoms with Crippen LogP contribution in [0.2, 0.25) is 0 Å². The molecule has 31 heavy (non-hydrogen) atoms. The Morgan fingerprint density at radius 1 is 1.03 bits per heavy atom. The first kappa shape index (κ1) is 22.8. The summed E-state index contributed by atoms with van der Waals surface area (Å²) in [6, 6.07) is 15.2. The molecule has 0 unspecified atom stereocenters. The van der Waals surface area contributed by atoms with Gasteiger partial charge in [-0.05, 0) is 35.9 Å². The Morgan fingerprint density at radius 2 is 1.81 bits per heavy atom. The fraction of sp³-hybridized carbons (Fsp3) is 0.318. The van der Waals surface area contributed by atoms with E-state index >= 15 is 0 Å². The highest BCUT2D eigenvalue weighted by molar-refractivity contribution is 7.98. The van der Waals surface area contributed by atoms with E-state index in [1.54, 1.807) is 21.3 Å². The summed E-state index contributed by atoms with van der Waals surface area (Å²) >= 11 is 1.51. The highest BCUT2D eigenvalue weighted by Crippen LogP contribution is 2.27. The van der Waals surface area contributed by atoms with Gasteiger partial charge in [-0.25, -0.2) is 0 Å². The second kappa shape index (κ2) is 11.5. The zero-order valence-corrected chi connectivity index (χ0v) is 18.6. The second-order valence-corrected chi connectivity index (χ2v) is 7.50. The second-order valence-electron chi connectivity index (χ2n) is 6.56. The molecule has 0 saturated heterocycles. The van der Waals surface area contributed by atoms with Crippen LogP contribution in [0.15, 0.2) is 53.7 Å². The van der Waals surface area contributed by atoms with Crippen molar-refractivity contribution in [1.82, 2.24) is 20.1 Å². The topological polar surface area (TPSA) is 87.5 Å². The third-order valence-corrected chi connectivity index (χ3v) is 5.49. The van der Waals surface area contributed by atoms with Gasteiger partial charge in [0.25, 0.3) is 5.91 Å². The maximum absolute atomic E-state index is 12.6. The first-order chi connectivity index (χ1) is 15.2. The molecule has 3 aromatic rings. The van der Waals surface area contributed by atoms with Crippen LogP contribution in [0.25, 0.3) is 5.69 Å². The molecule has 3 rings (SSSR count). The van der Waals surface area contributed by atoms with Crippen LogP contribution in [0, 0.1) is 0 Å². The van der Waals surface area contributed by atoms with Crippen LogP contribution in [0.1, 0.15) is 21.7 Å². The number of nitrogens with one attached hydrogen (secondary N) is 1. The summed E-state index contributed by atoms with van der Waals surface area (Å²) in [5.41, 5.74) is 2.46. The fourth-order valence-electron chi connectivity index (χ4n) is 2.98. The Bertz CT molecular complexity index is 991. The predicted octanol–water partition coefficient (Wildman–Crippen LogP) is 3.09. The molecule has 0 aliphatic rings. The molecule has 8 nitrogen and oxygen atoms in total. The lowest BCUT2D eigenvalue weighted by Gasteiger charge is -2.12. The van der Waals surface area contributed by atoms with Crippen molar-refractivity contribution in [1.29, 1.82) is 0 Å². The monoisotopic (exact) mass is 442 g/mol. The summed E-state index contributed by atoms with van der Waals surface area (Å²) in [5, 5.41) is 12.2. The summed E-state index contributed by atoms with van der Waals surface area (Å²) in [5.74, 6) is 1.91. The lowest BCUT2D eigenvalue weighted by Crippen LogP contribution is -2.27. The molecule has 0 saturated carbocycles. The van der Waals surface area contributed by atoms with Gasteiger partial charge in [0, 0.05) is 37.8 Å². The Balaban J connectivity index is 1.82. The van der Waals surface area contributed by atoms with Crippen molar-refractivity contribution in [3.8, 4) is 11.4 Å². The van der Waals surface area contributed by atoms with Gasteiger partial charge < -0.3 is 19.5 Å². The highest BCUT2D eigenvalue weighted by atomic mass is 32.2. The first-order valence-corrected chi connectivity index (χ1v) is 10.7. The largest absolute Gasteiger partial charge is 0.497 e. The molecule has 164 valence electrons. The Labute approximate surface area is 185 Å². The summed E-state index contributed by atoms with van der Waals surface area (Å²) in [4.78, 5) is 12.6. The van der Waals surface area contributed by atoms with Crippen molar-refractivity contribution in [3.63, 3.8) is 0 Å². The first-order valence-electron chi connectivity index (χ1n) is 9.73. The van der Waals surface area contributed by atoms with Crippen molar-refractivity contribution in [2.75, 3.05) is 34.5 Å². The zero-order chi connectivity index (χ0) is 22.1. The van der Waals surface area contributed by atoms with E-state index in [9.17, 15) is 4.79 Å². The summed E-state index contributed by atoms with van der Waals surface area (Å²) in [6.07, 6.45) is 0. The van der Waals surface area contributed by atoms with Gasteiger partial charge in [0.2, 0.25) is 0 Å². The number of nitrogens with zero attached hydrogens (tertiary/aromatic N) is 3. The van der Waals surface area contributed by atoms with E-state index in [1.807, 2.05) is 53.1 Å². The van der Waals surface area contributed by atoms with E-state index in [1.165, 1.54) is 11.8 Å².